The first kappa shape index (κ1) is 21.2. The van der Waals surface area contributed by atoms with Crippen LogP contribution in [0, 0.1) is 0 Å². The van der Waals surface area contributed by atoms with Crippen LogP contribution in [0.15, 0.2) is 81.7 Å². The van der Waals surface area contributed by atoms with Crippen LogP contribution in [0.2, 0.25) is 0 Å². The molecule has 0 aromatic heterocycles. The van der Waals surface area contributed by atoms with E-state index in [1.54, 1.807) is 21.3 Å². The van der Waals surface area contributed by atoms with Crippen molar-refractivity contribution in [3.05, 3.63) is 81.7 Å². The highest BCUT2D eigenvalue weighted by molar-refractivity contribution is 9.10. The number of halogens is 2. The first-order valence-electron chi connectivity index (χ1n) is 8.60. The Morgan fingerprint density at radius 2 is 0.893 bits per heavy atom. The summed E-state index contributed by atoms with van der Waals surface area (Å²) >= 11 is 7.02. The molecule has 0 atom stereocenters. The van der Waals surface area contributed by atoms with Crippen molar-refractivity contribution >= 4 is 62.9 Å². The highest BCUT2D eigenvalue weighted by Crippen LogP contribution is 2.35. The summed E-state index contributed by atoms with van der Waals surface area (Å²) in [6, 6.07) is 24.6. The average Bonchev–Trinajstić information content (AvgIpc) is 2.74. The molecule has 3 rings (SSSR count). The highest BCUT2D eigenvalue weighted by atomic mass is 79.9. The molecule has 0 spiro atoms. The maximum absolute atomic E-state index is 5.59. The maximum Gasteiger partial charge on any atom is 0.536 e. The Hall–Kier alpha value is -1.48. The summed E-state index contributed by atoms with van der Waals surface area (Å²) in [5, 5.41) is 0.912. The third kappa shape index (κ3) is 4.40. The number of rotatable bonds is 7. The number of nitrogens with zero attached hydrogens (tertiary/aromatic N) is 1. The Kier molecular flexibility index (Phi) is 7.08. The lowest BCUT2D eigenvalue weighted by molar-refractivity contribution is 0.140. The SMILES string of the molecule is CO[Si](OC)(OC)c1ccc(N(c2ccc(Br)cc2)c2ccc(Br)cc2)cc1. The zero-order valence-corrected chi connectivity index (χ0v) is 20.0. The van der Waals surface area contributed by atoms with Gasteiger partial charge in [0.25, 0.3) is 0 Å². The Balaban J connectivity index is 2.05. The van der Waals surface area contributed by atoms with Gasteiger partial charge in [0.15, 0.2) is 0 Å². The van der Waals surface area contributed by atoms with Crippen LogP contribution in [0.3, 0.4) is 0 Å². The zero-order valence-electron chi connectivity index (χ0n) is 15.9. The molecule has 0 aliphatic heterocycles. The fourth-order valence-electron chi connectivity index (χ4n) is 3.05. The second kappa shape index (κ2) is 9.34. The predicted octanol–water partition coefficient (Wildman–Crippen LogP) is 5.77. The summed E-state index contributed by atoms with van der Waals surface area (Å²) in [7, 11) is 1.99. The third-order valence-corrected chi connectivity index (χ3v) is 8.17. The van der Waals surface area contributed by atoms with Gasteiger partial charge in [-0.25, -0.2) is 0 Å². The third-order valence-electron chi connectivity index (χ3n) is 4.45. The van der Waals surface area contributed by atoms with Crippen molar-refractivity contribution in [1.82, 2.24) is 0 Å². The fraction of sp³-hybridized carbons (Fsp3) is 0.143. The van der Waals surface area contributed by atoms with E-state index >= 15 is 0 Å². The van der Waals surface area contributed by atoms with Crippen molar-refractivity contribution in [2.24, 2.45) is 0 Å². The zero-order chi connectivity index (χ0) is 20.1. The van der Waals surface area contributed by atoms with E-state index in [0.29, 0.717) is 0 Å². The van der Waals surface area contributed by atoms with Crippen LogP contribution in [0.5, 0.6) is 0 Å². The van der Waals surface area contributed by atoms with Gasteiger partial charge < -0.3 is 18.2 Å². The molecule has 0 aliphatic rings. The molecule has 3 aromatic carbocycles. The van der Waals surface area contributed by atoms with Crippen molar-refractivity contribution < 1.29 is 13.3 Å². The van der Waals surface area contributed by atoms with Crippen molar-refractivity contribution in [2.45, 2.75) is 0 Å². The highest BCUT2D eigenvalue weighted by Gasteiger charge is 2.40. The van der Waals surface area contributed by atoms with E-state index in [4.69, 9.17) is 13.3 Å². The van der Waals surface area contributed by atoms with Gasteiger partial charge >= 0.3 is 8.80 Å². The van der Waals surface area contributed by atoms with E-state index in [1.807, 2.05) is 36.4 Å². The average molecular weight is 523 g/mol. The lowest BCUT2D eigenvalue weighted by atomic mass is 10.2. The predicted molar refractivity (Wildman–Crippen MR) is 123 cm³/mol. The molecule has 4 nitrogen and oxygen atoms in total. The van der Waals surface area contributed by atoms with Gasteiger partial charge in [0, 0.05) is 52.5 Å². The molecular weight excluding hydrogens is 502 g/mol. The van der Waals surface area contributed by atoms with Gasteiger partial charge in [-0.05, 0) is 60.7 Å². The van der Waals surface area contributed by atoms with Gasteiger partial charge in [0.1, 0.15) is 0 Å². The summed E-state index contributed by atoms with van der Waals surface area (Å²) in [5.74, 6) is 0. The smallest absolute Gasteiger partial charge is 0.373 e. The molecule has 7 heteroatoms. The fourth-order valence-corrected chi connectivity index (χ4v) is 5.36. The summed E-state index contributed by atoms with van der Waals surface area (Å²) in [6.07, 6.45) is 0. The first-order chi connectivity index (χ1) is 13.5. The summed E-state index contributed by atoms with van der Waals surface area (Å²) in [5.41, 5.74) is 3.15. The first-order valence-corrected chi connectivity index (χ1v) is 11.9. The van der Waals surface area contributed by atoms with Crippen LogP contribution >= 0.6 is 31.9 Å². The number of anilines is 3. The number of hydrogen-bond donors (Lipinski definition) is 0. The summed E-state index contributed by atoms with van der Waals surface area (Å²) in [4.78, 5) is 2.19. The molecule has 0 saturated carbocycles. The quantitative estimate of drug-likeness (QED) is 0.369. The molecule has 146 valence electrons. The Bertz CT molecular complexity index is 845. The maximum atomic E-state index is 5.59. The molecule has 0 unspecified atom stereocenters. The summed E-state index contributed by atoms with van der Waals surface area (Å²) in [6.45, 7) is 0. The van der Waals surface area contributed by atoms with Crippen molar-refractivity contribution in [3.8, 4) is 0 Å². The standard InChI is InChI=1S/C21H21Br2NO3Si/c1-25-28(26-2,27-3)21-14-12-20(13-15-21)24(18-8-4-16(22)5-9-18)19-10-6-17(23)7-11-19/h4-15H,1-3H3. The minimum absolute atomic E-state index is 0.912. The molecule has 0 amide bonds. The Morgan fingerprint density at radius 1 is 0.571 bits per heavy atom. The molecule has 0 bridgehead atoms. The monoisotopic (exact) mass is 521 g/mol. The molecular formula is C21H21Br2NO3Si. The molecule has 0 saturated heterocycles. The van der Waals surface area contributed by atoms with Gasteiger partial charge in [-0.15, -0.1) is 0 Å². The van der Waals surface area contributed by atoms with E-state index in [2.05, 4.69) is 73.2 Å². The second-order valence-electron chi connectivity index (χ2n) is 6.00. The van der Waals surface area contributed by atoms with E-state index < -0.39 is 8.80 Å². The van der Waals surface area contributed by atoms with Crippen LogP contribution in [0.4, 0.5) is 17.1 Å². The summed E-state index contributed by atoms with van der Waals surface area (Å²) < 4.78 is 18.8. The topological polar surface area (TPSA) is 30.9 Å². The Morgan fingerprint density at radius 3 is 1.21 bits per heavy atom. The van der Waals surface area contributed by atoms with Gasteiger partial charge in [0.2, 0.25) is 0 Å². The van der Waals surface area contributed by atoms with Crippen LogP contribution in [0.25, 0.3) is 0 Å². The van der Waals surface area contributed by atoms with Crippen molar-refractivity contribution in [3.63, 3.8) is 0 Å². The molecule has 0 N–H and O–H groups in total. The minimum atomic E-state index is -2.86. The lowest BCUT2D eigenvalue weighted by Gasteiger charge is -2.27. The van der Waals surface area contributed by atoms with Crippen LogP contribution < -0.4 is 10.1 Å². The van der Waals surface area contributed by atoms with Crippen molar-refractivity contribution in [1.29, 1.82) is 0 Å². The van der Waals surface area contributed by atoms with Gasteiger partial charge in [-0.3, -0.25) is 0 Å². The number of benzene rings is 3. The van der Waals surface area contributed by atoms with Gasteiger partial charge in [0.05, 0.1) is 0 Å². The molecule has 28 heavy (non-hydrogen) atoms. The molecule has 0 fully saturated rings. The van der Waals surface area contributed by atoms with Gasteiger partial charge in [-0.2, -0.15) is 0 Å². The van der Waals surface area contributed by atoms with Crippen LogP contribution in [0.1, 0.15) is 0 Å². The van der Waals surface area contributed by atoms with Crippen LogP contribution in [-0.4, -0.2) is 30.1 Å². The largest absolute Gasteiger partial charge is 0.536 e. The molecule has 3 aromatic rings. The van der Waals surface area contributed by atoms with E-state index in [1.165, 1.54) is 0 Å². The lowest BCUT2D eigenvalue weighted by Crippen LogP contribution is -2.54. The van der Waals surface area contributed by atoms with Crippen molar-refractivity contribution in [2.75, 3.05) is 26.2 Å². The van der Waals surface area contributed by atoms with E-state index in [0.717, 1.165) is 31.2 Å². The van der Waals surface area contributed by atoms with Crippen LogP contribution in [-0.2, 0) is 13.3 Å². The van der Waals surface area contributed by atoms with E-state index in [-0.39, 0.29) is 0 Å². The van der Waals surface area contributed by atoms with Gasteiger partial charge in [-0.1, -0.05) is 44.0 Å². The molecule has 0 radical (unpaired) electrons. The second-order valence-corrected chi connectivity index (χ2v) is 10.7. The molecule has 0 aliphatic carbocycles. The Labute approximate surface area is 183 Å². The molecule has 0 heterocycles. The normalized spacial score (nSPS) is 11.5. The van der Waals surface area contributed by atoms with E-state index in [9.17, 15) is 0 Å². The number of hydrogen-bond acceptors (Lipinski definition) is 4. The minimum Gasteiger partial charge on any atom is -0.373 e.